The quantitative estimate of drug-likeness (QED) is 0.820. The number of carbonyl (C=O) groups excluding carboxylic acids is 2. The fourth-order valence-corrected chi connectivity index (χ4v) is 5.87. The van der Waals surface area contributed by atoms with Crippen LogP contribution in [0.5, 0.6) is 0 Å². The third-order valence-electron chi connectivity index (χ3n) is 7.38. The lowest BCUT2D eigenvalue weighted by molar-refractivity contribution is -0.146. The Kier molecular flexibility index (Phi) is 4.45. The third kappa shape index (κ3) is 3.07. The van der Waals surface area contributed by atoms with Gasteiger partial charge in [0.2, 0.25) is 11.8 Å². The van der Waals surface area contributed by atoms with E-state index in [-0.39, 0.29) is 23.8 Å². The third-order valence-corrected chi connectivity index (χ3v) is 7.38. The minimum absolute atomic E-state index is 0.0851. The highest BCUT2D eigenvalue weighted by Gasteiger charge is 2.54. The van der Waals surface area contributed by atoms with Crippen molar-refractivity contribution in [3.63, 3.8) is 0 Å². The van der Waals surface area contributed by atoms with Crippen molar-refractivity contribution in [2.45, 2.75) is 69.4 Å². The molecule has 2 aliphatic carbocycles. The molecule has 0 radical (unpaired) electrons. The summed E-state index contributed by atoms with van der Waals surface area (Å²) in [5.41, 5.74) is 1.28. The van der Waals surface area contributed by atoms with E-state index in [1.165, 1.54) is 24.8 Å². The highest BCUT2D eigenvalue weighted by Crippen LogP contribution is 2.51. The Labute approximate surface area is 161 Å². The maximum Gasteiger partial charge on any atom is 0.245 e. The summed E-state index contributed by atoms with van der Waals surface area (Å²) in [5, 5.41) is 0. The average molecular weight is 367 g/mol. The van der Waals surface area contributed by atoms with Crippen LogP contribution < -0.4 is 0 Å². The van der Waals surface area contributed by atoms with Crippen LogP contribution in [-0.4, -0.2) is 46.8 Å². The van der Waals surface area contributed by atoms with E-state index in [0.29, 0.717) is 17.9 Å². The fourth-order valence-electron chi connectivity index (χ4n) is 5.87. The summed E-state index contributed by atoms with van der Waals surface area (Å²) in [6.07, 6.45) is 8.78. The van der Waals surface area contributed by atoms with Crippen LogP contribution in [0.4, 0.5) is 0 Å². The van der Waals surface area contributed by atoms with Gasteiger partial charge in [-0.3, -0.25) is 9.59 Å². The molecule has 5 rings (SSSR count). The summed E-state index contributed by atoms with van der Waals surface area (Å²) in [6, 6.07) is 10.5. The van der Waals surface area contributed by atoms with Gasteiger partial charge in [0, 0.05) is 25.0 Å². The molecule has 27 heavy (non-hydrogen) atoms. The van der Waals surface area contributed by atoms with Crippen molar-refractivity contribution in [2.24, 2.45) is 11.8 Å². The molecule has 0 unspecified atom stereocenters. The second-order valence-electron chi connectivity index (χ2n) is 9.00. The fraction of sp³-hybridized carbons (Fsp3) is 0.652. The highest BCUT2D eigenvalue weighted by atomic mass is 16.2. The van der Waals surface area contributed by atoms with Crippen molar-refractivity contribution in [3.05, 3.63) is 35.9 Å². The van der Waals surface area contributed by atoms with Gasteiger partial charge in [-0.25, -0.2) is 0 Å². The van der Waals surface area contributed by atoms with E-state index in [9.17, 15) is 9.59 Å². The van der Waals surface area contributed by atoms with E-state index < -0.39 is 0 Å². The van der Waals surface area contributed by atoms with Crippen molar-refractivity contribution in [1.29, 1.82) is 0 Å². The molecule has 0 spiro atoms. The standard InChI is InChI=1S/C23H30N2O2/c26-22(19-15-18(19)16-8-2-1-3-9-16)25-20-11-5-4-10-17(20)14-21(25)23(27)24-12-6-7-13-24/h1-3,8-9,17-21H,4-7,10-15H2/t17-,18+,19-,20-,21-/m0/s1. The molecule has 2 amide bonds. The summed E-state index contributed by atoms with van der Waals surface area (Å²) >= 11 is 0. The summed E-state index contributed by atoms with van der Waals surface area (Å²) in [7, 11) is 0. The van der Waals surface area contributed by atoms with Crippen molar-refractivity contribution >= 4 is 11.8 Å². The molecule has 5 atom stereocenters. The van der Waals surface area contributed by atoms with Crippen molar-refractivity contribution < 1.29 is 9.59 Å². The van der Waals surface area contributed by atoms with Crippen molar-refractivity contribution in [2.75, 3.05) is 13.1 Å². The summed E-state index contributed by atoms with van der Waals surface area (Å²) < 4.78 is 0. The molecule has 0 N–H and O–H groups in total. The Balaban J connectivity index is 1.37. The zero-order valence-corrected chi connectivity index (χ0v) is 16.1. The molecule has 1 aromatic carbocycles. The SMILES string of the molecule is O=C([C@@H]1C[C@@H]2CCCC[C@@H]2N1C(=O)[C@H]1C[C@@H]1c1ccccc1)N1CCCC1. The van der Waals surface area contributed by atoms with Crippen LogP contribution >= 0.6 is 0 Å². The van der Waals surface area contributed by atoms with Crippen LogP contribution in [0.2, 0.25) is 0 Å². The van der Waals surface area contributed by atoms with Crippen LogP contribution in [0.15, 0.2) is 30.3 Å². The van der Waals surface area contributed by atoms with Gasteiger partial charge in [-0.1, -0.05) is 43.2 Å². The molecule has 144 valence electrons. The van der Waals surface area contributed by atoms with Crippen LogP contribution in [0.3, 0.4) is 0 Å². The molecular formula is C23H30N2O2. The number of rotatable bonds is 3. The number of hydrogen-bond donors (Lipinski definition) is 0. The smallest absolute Gasteiger partial charge is 0.245 e. The molecule has 2 aliphatic heterocycles. The first-order chi connectivity index (χ1) is 13.2. The number of fused-ring (bicyclic) bond motifs is 1. The van der Waals surface area contributed by atoms with Crippen LogP contribution in [0, 0.1) is 11.8 Å². The van der Waals surface area contributed by atoms with E-state index >= 15 is 0 Å². The first-order valence-corrected chi connectivity index (χ1v) is 10.9. The highest BCUT2D eigenvalue weighted by molar-refractivity contribution is 5.91. The molecule has 4 fully saturated rings. The molecule has 4 heteroatoms. The average Bonchev–Trinajstić information content (AvgIpc) is 3.14. The van der Waals surface area contributed by atoms with E-state index in [1.54, 1.807) is 0 Å². The van der Waals surface area contributed by atoms with Gasteiger partial charge in [0.05, 0.1) is 0 Å². The number of carbonyl (C=O) groups is 2. The van der Waals surface area contributed by atoms with Gasteiger partial charge in [0.15, 0.2) is 0 Å². The second-order valence-corrected chi connectivity index (χ2v) is 9.00. The number of likely N-dealkylation sites (tertiary alicyclic amines) is 2. The van der Waals surface area contributed by atoms with Crippen molar-refractivity contribution in [3.8, 4) is 0 Å². The minimum Gasteiger partial charge on any atom is -0.341 e. The first-order valence-electron chi connectivity index (χ1n) is 10.9. The van der Waals surface area contributed by atoms with E-state index in [0.717, 1.165) is 45.2 Å². The zero-order valence-electron chi connectivity index (χ0n) is 16.1. The normalized spacial score (nSPS) is 35.2. The molecule has 2 saturated heterocycles. The maximum absolute atomic E-state index is 13.5. The van der Waals surface area contributed by atoms with Gasteiger partial charge < -0.3 is 9.80 Å². The molecule has 0 aromatic heterocycles. The molecular weight excluding hydrogens is 336 g/mol. The van der Waals surface area contributed by atoms with E-state index in [2.05, 4.69) is 29.2 Å². The van der Waals surface area contributed by atoms with Gasteiger partial charge in [-0.05, 0) is 55.9 Å². The Hall–Kier alpha value is -1.84. The predicted octanol–water partition coefficient (Wildman–Crippen LogP) is 3.57. The van der Waals surface area contributed by atoms with Gasteiger partial charge in [-0.2, -0.15) is 0 Å². The number of hydrogen-bond acceptors (Lipinski definition) is 2. The number of benzene rings is 1. The molecule has 4 nitrogen and oxygen atoms in total. The van der Waals surface area contributed by atoms with E-state index in [4.69, 9.17) is 0 Å². The lowest BCUT2D eigenvalue weighted by Gasteiger charge is -2.35. The van der Waals surface area contributed by atoms with Crippen LogP contribution in [-0.2, 0) is 9.59 Å². The molecule has 4 aliphatic rings. The Bertz CT molecular complexity index is 712. The van der Waals surface area contributed by atoms with E-state index in [1.807, 2.05) is 11.0 Å². The number of amides is 2. The van der Waals surface area contributed by atoms with Crippen molar-refractivity contribution in [1.82, 2.24) is 9.80 Å². The predicted molar refractivity (Wildman–Crippen MR) is 104 cm³/mol. The maximum atomic E-state index is 13.5. The lowest BCUT2D eigenvalue weighted by atomic mass is 9.84. The van der Waals surface area contributed by atoms with Gasteiger partial charge >= 0.3 is 0 Å². The molecule has 0 bridgehead atoms. The Morgan fingerprint density at radius 1 is 0.852 bits per heavy atom. The zero-order chi connectivity index (χ0) is 18.4. The summed E-state index contributed by atoms with van der Waals surface area (Å²) in [6.45, 7) is 1.76. The van der Waals surface area contributed by atoms with Crippen LogP contribution in [0.25, 0.3) is 0 Å². The summed E-state index contributed by atoms with van der Waals surface area (Å²) in [5.74, 6) is 1.46. The number of nitrogens with zero attached hydrogens (tertiary/aromatic N) is 2. The molecule has 2 saturated carbocycles. The largest absolute Gasteiger partial charge is 0.341 e. The topological polar surface area (TPSA) is 40.6 Å². The molecule has 1 aromatic rings. The first kappa shape index (κ1) is 17.3. The van der Waals surface area contributed by atoms with Gasteiger partial charge in [0.25, 0.3) is 0 Å². The van der Waals surface area contributed by atoms with Gasteiger partial charge in [-0.15, -0.1) is 0 Å². The minimum atomic E-state index is -0.194. The second kappa shape index (κ2) is 6.96. The Morgan fingerprint density at radius 2 is 1.59 bits per heavy atom. The summed E-state index contributed by atoms with van der Waals surface area (Å²) in [4.78, 5) is 30.9. The molecule has 2 heterocycles. The lowest BCUT2D eigenvalue weighted by Crippen LogP contribution is -2.50. The van der Waals surface area contributed by atoms with Gasteiger partial charge in [0.1, 0.15) is 6.04 Å². The monoisotopic (exact) mass is 366 g/mol. The Morgan fingerprint density at radius 3 is 2.37 bits per heavy atom. The van der Waals surface area contributed by atoms with Crippen LogP contribution in [0.1, 0.15) is 62.8 Å².